The van der Waals surface area contributed by atoms with Crippen molar-refractivity contribution in [3.63, 3.8) is 0 Å². The van der Waals surface area contributed by atoms with Crippen molar-refractivity contribution in [2.75, 3.05) is 7.11 Å². The maximum atomic E-state index is 12.5. The van der Waals surface area contributed by atoms with Gasteiger partial charge in [-0.3, -0.25) is 4.79 Å². The van der Waals surface area contributed by atoms with Crippen LogP contribution in [0.4, 0.5) is 4.79 Å². The smallest absolute Gasteiger partial charge is 0.407 e. The van der Waals surface area contributed by atoms with Crippen LogP contribution in [0.5, 0.6) is 0 Å². The molecule has 0 spiro atoms. The molecule has 2 aromatic rings. The zero-order valence-electron chi connectivity index (χ0n) is 18.2. The van der Waals surface area contributed by atoms with Crippen molar-refractivity contribution in [1.82, 2.24) is 10.6 Å². The molecule has 2 N–H and O–H groups in total. The molecule has 7 nitrogen and oxygen atoms in total. The lowest BCUT2D eigenvalue weighted by Gasteiger charge is -2.22. The maximum Gasteiger partial charge on any atom is 0.407 e. The molecule has 2 amide bonds. The van der Waals surface area contributed by atoms with Gasteiger partial charge < -0.3 is 20.1 Å². The molecule has 3 rings (SSSR count). The lowest BCUT2D eigenvalue weighted by Crippen LogP contribution is -2.45. The Bertz CT molecular complexity index is 973. The summed E-state index contributed by atoms with van der Waals surface area (Å²) in [6, 6.07) is 15.9. The number of carbonyl (C=O) groups is 3. The Morgan fingerprint density at radius 2 is 1.91 bits per heavy atom. The van der Waals surface area contributed by atoms with Gasteiger partial charge >= 0.3 is 12.1 Å². The molecular weight excluding hydrogens is 408 g/mol. The maximum absolute atomic E-state index is 12.5. The van der Waals surface area contributed by atoms with E-state index in [2.05, 4.69) is 10.6 Å². The third-order valence-corrected chi connectivity index (χ3v) is 5.31. The molecule has 0 saturated carbocycles. The number of hydrogen-bond donors (Lipinski definition) is 2. The van der Waals surface area contributed by atoms with Gasteiger partial charge in [-0.15, -0.1) is 0 Å². The molecule has 1 aliphatic heterocycles. The second-order valence-corrected chi connectivity index (χ2v) is 7.74. The minimum Gasteiger partial charge on any atom is -0.467 e. The molecule has 0 radical (unpaired) electrons. The number of carbonyl (C=O) groups excluding carboxylic acids is 3. The van der Waals surface area contributed by atoms with Crippen molar-refractivity contribution >= 4 is 18.0 Å². The van der Waals surface area contributed by atoms with E-state index in [0.29, 0.717) is 6.42 Å². The van der Waals surface area contributed by atoms with Crippen LogP contribution in [-0.4, -0.2) is 31.1 Å². The average molecular weight is 437 g/mol. The molecule has 0 fully saturated rings. The van der Waals surface area contributed by atoms with Gasteiger partial charge in [0, 0.05) is 6.42 Å². The highest BCUT2D eigenvalue weighted by Crippen LogP contribution is 2.21. The van der Waals surface area contributed by atoms with Gasteiger partial charge in [-0.05, 0) is 23.1 Å². The van der Waals surface area contributed by atoms with E-state index in [-0.39, 0.29) is 25.0 Å². The fourth-order valence-corrected chi connectivity index (χ4v) is 3.50. The van der Waals surface area contributed by atoms with Gasteiger partial charge in [-0.2, -0.15) is 0 Å². The normalized spacial score (nSPS) is 21.8. The number of methoxy groups -OCH3 is 1. The highest BCUT2D eigenvalue weighted by atomic mass is 16.5. The van der Waals surface area contributed by atoms with E-state index in [1.807, 2.05) is 60.7 Å². The largest absolute Gasteiger partial charge is 0.467 e. The van der Waals surface area contributed by atoms with Crippen LogP contribution < -0.4 is 10.6 Å². The van der Waals surface area contributed by atoms with E-state index in [4.69, 9.17) is 9.47 Å². The second-order valence-electron chi connectivity index (χ2n) is 7.74. The number of amides is 2. The standard InChI is InChI=1S/C25H28N2O5/c1-17-8-6-13-21(27-25(30)32-16-18-9-4-3-5-10-18)20-12-7-11-19(14-20)15-22(24(29)31-2)26-23(17)28/h3-12,14,17,21-22H,13,15-16H2,1-2H3,(H,26,28)(H,27,30)/b8-6-/t17-,21+,22-/m1/s1. The van der Waals surface area contributed by atoms with E-state index in [1.165, 1.54) is 7.11 Å². The number of nitrogens with one attached hydrogen (secondary N) is 2. The molecule has 32 heavy (non-hydrogen) atoms. The Kier molecular flexibility index (Phi) is 8.02. The number of hydrogen-bond acceptors (Lipinski definition) is 5. The summed E-state index contributed by atoms with van der Waals surface area (Å²) < 4.78 is 10.2. The molecule has 0 unspecified atom stereocenters. The molecule has 0 aromatic heterocycles. The Labute approximate surface area is 187 Å². The number of alkyl carbamates (subject to hydrolysis) is 1. The van der Waals surface area contributed by atoms with Crippen molar-refractivity contribution in [3.05, 3.63) is 83.4 Å². The van der Waals surface area contributed by atoms with Gasteiger partial charge in [-0.1, -0.05) is 73.7 Å². The Balaban J connectivity index is 1.79. The summed E-state index contributed by atoms with van der Waals surface area (Å²) in [5.74, 6) is -1.21. The van der Waals surface area contributed by atoms with Crippen molar-refractivity contribution in [2.45, 2.75) is 38.5 Å². The summed E-state index contributed by atoms with van der Waals surface area (Å²) in [7, 11) is 1.30. The topological polar surface area (TPSA) is 93.7 Å². The average Bonchev–Trinajstić information content (AvgIpc) is 2.81. The minimum atomic E-state index is -0.791. The molecule has 168 valence electrons. The van der Waals surface area contributed by atoms with Crippen LogP contribution in [0.25, 0.3) is 0 Å². The minimum absolute atomic E-state index is 0.174. The number of fused-ring (bicyclic) bond motifs is 2. The zero-order chi connectivity index (χ0) is 22.9. The molecular formula is C25H28N2O5. The van der Waals surface area contributed by atoms with Crippen LogP contribution in [-0.2, 0) is 32.1 Å². The van der Waals surface area contributed by atoms with Crippen molar-refractivity contribution in [2.24, 2.45) is 5.92 Å². The van der Waals surface area contributed by atoms with E-state index in [0.717, 1.165) is 16.7 Å². The molecule has 1 aliphatic rings. The summed E-state index contributed by atoms with van der Waals surface area (Å²) in [5, 5.41) is 5.68. The Hall–Kier alpha value is -3.61. The number of benzene rings is 2. The summed E-state index contributed by atoms with van der Waals surface area (Å²) in [6.45, 7) is 1.93. The second kappa shape index (κ2) is 11.1. The predicted octanol–water partition coefficient (Wildman–Crippen LogP) is 3.45. The summed E-state index contributed by atoms with van der Waals surface area (Å²) >= 11 is 0. The first-order valence-electron chi connectivity index (χ1n) is 10.6. The molecule has 3 atom stereocenters. The molecule has 2 aromatic carbocycles. The highest BCUT2D eigenvalue weighted by Gasteiger charge is 2.25. The Morgan fingerprint density at radius 3 is 2.66 bits per heavy atom. The van der Waals surface area contributed by atoms with Crippen LogP contribution in [0, 0.1) is 5.92 Å². The van der Waals surface area contributed by atoms with Crippen LogP contribution >= 0.6 is 0 Å². The highest BCUT2D eigenvalue weighted by molar-refractivity contribution is 5.86. The van der Waals surface area contributed by atoms with Gasteiger partial charge in [0.1, 0.15) is 12.6 Å². The van der Waals surface area contributed by atoms with Crippen LogP contribution in [0.2, 0.25) is 0 Å². The van der Waals surface area contributed by atoms with Gasteiger partial charge in [-0.25, -0.2) is 9.59 Å². The van der Waals surface area contributed by atoms with Crippen molar-refractivity contribution < 1.29 is 23.9 Å². The first-order valence-corrected chi connectivity index (χ1v) is 10.6. The summed E-state index contributed by atoms with van der Waals surface area (Å²) in [5.41, 5.74) is 2.63. The fourth-order valence-electron chi connectivity index (χ4n) is 3.50. The van der Waals surface area contributed by atoms with Gasteiger partial charge in [0.2, 0.25) is 5.91 Å². The summed E-state index contributed by atoms with van der Waals surface area (Å²) in [4.78, 5) is 37.2. The van der Waals surface area contributed by atoms with Crippen LogP contribution in [0.1, 0.15) is 36.1 Å². The SMILES string of the molecule is COC(=O)[C@H]1Cc2cccc(c2)[C@@H](NC(=O)OCc2ccccc2)C/C=C\[C@@H](C)C(=O)N1. The number of esters is 1. The molecule has 2 bridgehead atoms. The third kappa shape index (κ3) is 6.44. The van der Waals surface area contributed by atoms with E-state index in [1.54, 1.807) is 13.0 Å². The molecule has 0 saturated heterocycles. The lowest BCUT2D eigenvalue weighted by atomic mass is 9.96. The van der Waals surface area contributed by atoms with Gasteiger partial charge in [0.15, 0.2) is 0 Å². The predicted molar refractivity (Wildman–Crippen MR) is 120 cm³/mol. The fraction of sp³-hybridized carbons (Fsp3) is 0.320. The first-order chi connectivity index (χ1) is 15.5. The number of ether oxygens (including phenoxy) is 2. The number of rotatable bonds is 4. The Morgan fingerprint density at radius 1 is 1.12 bits per heavy atom. The molecule has 1 heterocycles. The quantitative estimate of drug-likeness (QED) is 0.566. The van der Waals surface area contributed by atoms with Crippen LogP contribution in [0.15, 0.2) is 66.7 Å². The van der Waals surface area contributed by atoms with Crippen molar-refractivity contribution in [3.8, 4) is 0 Å². The molecule has 7 heteroatoms. The zero-order valence-corrected chi connectivity index (χ0v) is 18.2. The third-order valence-electron chi connectivity index (χ3n) is 5.31. The van der Waals surface area contributed by atoms with E-state index in [9.17, 15) is 14.4 Å². The molecule has 0 aliphatic carbocycles. The van der Waals surface area contributed by atoms with Gasteiger partial charge in [0.05, 0.1) is 19.1 Å². The van der Waals surface area contributed by atoms with Crippen molar-refractivity contribution in [1.29, 1.82) is 0 Å². The monoisotopic (exact) mass is 436 g/mol. The lowest BCUT2D eigenvalue weighted by molar-refractivity contribution is -0.145. The van der Waals surface area contributed by atoms with Gasteiger partial charge in [0.25, 0.3) is 0 Å². The van der Waals surface area contributed by atoms with Crippen LogP contribution in [0.3, 0.4) is 0 Å². The summed E-state index contributed by atoms with van der Waals surface area (Å²) in [6.07, 6.45) is 3.87. The van der Waals surface area contributed by atoms with E-state index >= 15 is 0 Å². The first kappa shape index (κ1) is 23.1. The van der Waals surface area contributed by atoms with E-state index < -0.39 is 24.0 Å².